The van der Waals surface area contributed by atoms with Gasteiger partial charge in [-0.3, -0.25) is 0 Å². The summed E-state index contributed by atoms with van der Waals surface area (Å²) in [4.78, 5) is 13.4. The fraction of sp³-hybridized carbons (Fsp3) is 0.562. The number of benzene rings is 1. The average Bonchev–Trinajstić information content (AvgIpc) is 2.44. The number of carbonyl (C=O) groups excluding carboxylic acids is 1. The van der Waals surface area contributed by atoms with Gasteiger partial charge in [-0.25, -0.2) is 4.79 Å². The Hall–Kier alpha value is -1.75. The predicted octanol–water partition coefficient (Wildman–Crippen LogP) is 2.57. The van der Waals surface area contributed by atoms with Crippen LogP contribution in [0.15, 0.2) is 24.3 Å². The van der Waals surface area contributed by atoms with Gasteiger partial charge in [-0.05, 0) is 50.2 Å². The van der Waals surface area contributed by atoms with Gasteiger partial charge in [0, 0.05) is 24.6 Å². The van der Waals surface area contributed by atoms with E-state index < -0.39 is 6.03 Å². The number of piperidine rings is 1. The maximum absolute atomic E-state index is 10.7. The first kappa shape index (κ1) is 14.2. The molecule has 2 aliphatic rings. The molecular weight excluding hydrogens is 266 g/mol. The summed E-state index contributed by atoms with van der Waals surface area (Å²) in [6, 6.07) is 7.53. The molecule has 1 aliphatic heterocycles. The van der Waals surface area contributed by atoms with Gasteiger partial charge in [0.05, 0.1) is 0 Å². The van der Waals surface area contributed by atoms with Crippen LogP contribution in [0.3, 0.4) is 0 Å². The van der Waals surface area contributed by atoms with Crippen molar-refractivity contribution in [3.05, 3.63) is 24.3 Å². The molecule has 0 spiro atoms. The minimum Gasteiger partial charge on any atom is -0.490 e. The van der Waals surface area contributed by atoms with Gasteiger partial charge in [-0.2, -0.15) is 0 Å². The highest BCUT2D eigenvalue weighted by atomic mass is 16.5. The lowest BCUT2D eigenvalue weighted by molar-refractivity contribution is 0.00893. The summed E-state index contributed by atoms with van der Waals surface area (Å²) in [5, 5.41) is 2.54. The topological polar surface area (TPSA) is 67.6 Å². The number of hydrogen-bond donors (Lipinski definition) is 2. The molecule has 0 aromatic heterocycles. The molecule has 2 fully saturated rings. The lowest BCUT2D eigenvalue weighted by Crippen LogP contribution is -2.50. The minimum absolute atomic E-state index is 0.326. The zero-order chi connectivity index (χ0) is 14.7. The SMILES string of the molecule is NC(=O)Nc1ccc(OC2CC(N3CCCCC3)C2)cc1. The summed E-state index contributed by atoms with van der Waals surface area (Å²) in [5.41, 5.74) is 5.76. The number of ether oxygens (including phenoxy) is 1. The molecular formula is C16H23N3O2. The monoisotopic (exact) mass is 289 g/mol. The second-order valence-corrected chi connectivity index (χ2v) is 5.98. The van der Waals surface area contributed by atoms with Crippen molar-refractivity contribution in [2.45, 2.75) is 44.2 Å². The number of nitrogens with two attached hydrogens (primary N) is 1. The lowest BCUT2D eigenvalue weighted by atomic mass is 9.86. The highest BCUT2D eigenvalue weighted by Crippen LogP contribution is 2.31. The first-order chi connectivity index (χ1) is 10.2. The van der Waals surface area contributed by atoms with Crippen LogP contribution in [0.25, 0.3) is 0 Å². The molecule has 1 saturated heterocycles. The summed E-state index contributed by atoms with van der Waals surface area (Å²) < 4.78 is 5.96. The van der Waals surface area contributed by atoms with E-state index in [0.29, 0.717) is 17.8 Å². The third-order valence-electron chi connectivity index (χ3n) is 4.40. The molecule has 0 radical (unpaired) electrons. The summed E-state index contributed by atoms with van der Waals surface area (Å²) in [6.07, 6.45) is 6.65. The predicted molar refractivity (Wildman–Crippen MR) is 82.5 cm³/mol. The van der Waals surface area contributed by atoms with Crippen LogP contribution in [0, 0.1) is 0 Å². The Morgan fingerprint density at radius 1 is 1.14 bits per heavy atom. The van der Waals surface area contributed by atoms with Crippen LogP contribution in [0.1, 0.15) is 32.1 Å². The summed E-state index contributed by atoms with van der Waals surface area (Å²) in [6.45, 7) is 2.51. The molecule has 1 aromatic carbocycles. The van der Waals surface area contributed by atoms with Gasteiger partial charge in [0.1, 0.15) is 11.9 Å². The van der Waals surface area contributed by atoms with Gasteiger partial charge in [0.2, 0.25) is 0 Å². The normalized spacial score (nSPS) is 25.9. The Labute approximate surface area is 125 Å². The van der Waals surface area contributed by atoms with E-state index in [2.05, 4.69) is 10.2 Å². The highest BCUT2D eigenvalue weighted by molar-refractivity contribution is 5.87. The van der Waals surface area contributed by atoms with Gasteiger partial charge in [-0.15, -0.1) is 0 Å². The fourth-order valence-electron chi connectivity index (χ4n) is 3.17. The summed E-state index contributed by atoms with van der Waals surface area (Å²) >= 11 is 0. The highest BCUT2D eigenvalue weighted by Gasteiger charge is 2.35. The number of nitrogens with zero attached hydrogens (tertiary/aromatic N) is 1. The van der Waals surface area contributed by atoms with Crippen molar-refractivity contribution in [1.82, 2.24) is 4.90 Å². The third-order valence-corrected chi connectivity index (χ3v) is 4.40. The van der Waals surface area contributed by atoms with Crippen LogP contribution in [0.5, 0.6) is 5.75 Å². The van der Waals surface area contributed by atoms with E-state index >= 15 is 0 Å². The smallest absolute Gasteiger partial charge is 0.316 e. The van der Waals surface area contributed by atoms with Gasteiger partial charge >= 0.3 is 6.03 Å². The number of primary amides is 1. The Morgan fingerprint density at radius 2 is 1.81 bits per heavy atom. The third kappa shape index (κ3) is 3.67. The second-order valence-electron chi connectivity index (χ2n) is 5.98. The maximum Gasteiger partial charge on any atom is 0.316 e. The Kier molecular flexibility index (Phi) is 4.29. The minimum atomic E-state index is -0.549. The molecule has 1 heterocycles. The van der Waals surface area contributed by atoms with Crippen LogP contribution in [0.4, 0.5) is 10.5 Å². The number of rotatable bonds is 4. The maximum atomic E-state index is 10.7. The molecule has 5 nitrogen and oxygen atoms in total. The second kappa shape index (κ2) is 6.35. The lowest BCUT2D eigenvalue weighted by Gasteiger charge is -2.44. The van der Waals surface area contributed by atoms with Crippen LogP contribution in [-0.2, 0) is 0 Å². The van der Waals surface area contributed by atoms with Crippen molar-refractivity contribution < 1.29 is 9.53 Å². The van der Waals surface area contributed by atoms with Crippen LogP contribution >= 0.6 is 0 Å². The number of anilines is 1. The fourth-order valence-corrected chi connectivity index (χ4v) is 3.17. The number of nitrogens with one attached hydrogen (secondary N) is 1. The first-order valence-corrected chi connectivity index (χ1v) is 7.78. The van der Waals surface area contributed by atoms with Crippen LogP contribution in [0.2, 0.25) is 0 Å². The first-order valence-electron chi connectivity index (χ1n) is 7.78. The number of likely N-dealkylation sites (tertiary alicyclic amines) is 1. The van der Waals surface area contributed by atoms with E-state index in [9.17, 15) is 4.79 Å². The van der Waals surface area contributed by atoms with Crippen molar-refractivity contribution in [3.63, 3.8) is 0 Å². The molecule has 3 rings (SSSR count). The van der Waals surface area contributed by atoms with E-state index in [1.54, 1.807) is 12.1 Å². The van der Waals surface area contributed by atoms with E-state index in [-0.39, 0.29) is 0 Å². The molecule has 114 valence electrons. The quantitative estimate of drug-likeness (QED) is 0.895. The van der Waals surface area contributed by atoms with Crippen molar-refractivity contribution in [1.29, 1.82) is 0 Å². The molecule has 1 aromatic rings. The number of carbonyl (C=O) groups is 1. The van der Waals surface area contributed by atoms with E-state index in [0.717, 1.165) is 18.6 Å². The van der Waals surface area contributed by atoms with Crippen LogP contribution < -0.4 is 15.8 Å². The number of hydrogen-bond acceptors (Lipinski definition) is 3. The van der Waals surface area contributed by atoms with Gasteiger partial charge in [0.15, 0.2) is 0 Å². The molecule has 3 N–H and O–H groups in total. The number of urea groups is 1. The summed E-state index contributed by atoms with van der Waals surface area (Å²) in [7, 11) is 0. The zero-order valence-electron chi connectivity index (χ0n) is 12.3. The van der Waals surface area contributed by atoms with Crippen molar-refractivity contribution in [2.75, 3.05) is 18.4 Å². The van der Waals surface area contributed by atoms with Gasteiger partial charge in [0.25, 0.3) is 0 Å². The molecule has 0 bridgehead atoms. The van der Waals surface area contributed by atoms with Crippen LogP contribution in [-0.4, -0.2) is 36.2 Å². The Morgan fingerprint density at radius 3 is 2.43 bits per heavy atom. The molecule has 5 heteroatoms. The van der Waals surface area contributed by atoms with Crippen molar-refractivity contribution >= 4 is 11.7 Å². The molecule has 1 aliphatic carbocycles. The molecule has 1 saturated carbocycles. The van der Waals surface area contributed by atoms with Crippen molar-refractivity contribution in [2.24, 2.45) is 5.73 Å². The van der Waals surface area contributed by atoms with E-state index in [4.69, 9.17) is 10.5 Å². The summed E-state index contributed by atoms with van der Waals surface area (Å²) in [5.74, 6) is 0.854. The molecule has 0 unspecified atom stereocenters. The van der Waals surface area contributed by atoms with Gasteiger partial charge < -0.3 is 20.7 Å². The van der Waals surface area contributed by atoms with Crippen molar-refractivity contribution in [3.8, 4) is 5.75 Å². The standard InChI is InChI=1S/C16H23N3O2/c17-16(20)18-12-4-6-14(7-5-12)21-15-10-13(11-15)19-8-2-1-3-9-19/h4-7,13,15H,1-3,8-11H2,(H3,17,18,20). The molecule has 0 atom stereocenters. The Bertz CT molecular complexity index is 477. The zero-order valence-corrected chi connectivity index (χ0v) is 12.3. The number of amides is 2. The Balaban J connectivity index is 1.44. The van der Waals surface area contributed by atoms with E-state index in [1.165, 1.54) is 32.4 Å². The largest absolute Gasteiger partial charge is 0.490 e. The van der Waals surface area contributed by atoms with E-state index in [1.807, 2.05) is 12.1 Å². The molecule has 2 amide bonds. The average molecular weight is 289 g/mol. The molecule has 21 heavy (non-hydrogen) atoms. The van der Waals surface area contributed by atoms with Gasteiger partial charge in [-0.1, -0.05) is 6.42 Å².